The van der Waals surface area contributed by atoms with E-state index in [1.54, 1.807) is 12.3 Å². The summed E-state index contributed by atoms with van der Waals surface area (Å²) in [5, 5.41) is 16.4. The van der Waals surface area contributed by atoms with E-state index in [0.29, 0.717) is 28.6 Å². The molecule has 0 radical (unpaired) electrons. The van der Waals surface area contributed by atoms with Gasteiger partial charge in [0.25, 0.3) is 5.91 Å². The second-order valence-corrected chi connectivity index (χ2v) is 11.6. The van der Waals surface area contributed by atoms with Crippen LogP contribution in [0.15, 0.2) is 42.9 Å². The number of hydrogen-bond acceptors (Lipinski definition) is 7. The number of benzene rings is 1. The van der Waals surface area contributed by atoms with E-state index in [1.165, 1.54) is 23.8 Å². The van der Waals surface area contributed by atoms with E-state index in [0.717, 1.165) is 34.5 Å². The minimum Gasteiger partial charge on any atom is -0.346 e. The second kappa shape index (κ2) is 9.39. The van der Waals surface area contributed by atoms with Crippen molar-refractivity contribution in [2.45, 2.75) is 58.0 Å². The van der Waals surface area contributed by atoms with Crippen LogP contribution in [0.25, 0.3) is 33.7 Å². The van der Waals surface area contributed by atoms with Gasteiger partial charge in [0, 0.05) is 35.5 Å². The zero-order valence-corrected chi connectivity index (χ0v) is 22.1. The molecule has 0 saturated heterocycles. The standard InChI is InChI=1S/C27H27FN8OS/c1-27(2,3)26-35-34-25(38-26)24(37)30-12-16-8-7-15(11-20(16)28)19-9-10-29-23-21(19)32-22(33-23)17-13-31-36(14-17)18-5-4-6-18/h7-11,13-14,18H,4-6,12H2,1-3H3,(H,30,37)(H,29,32,33). The maximum Gasteiger partial charge on any atom is 0.282 e. The molecule has 1 amide bonds. The molecule has 2 N–H and O–H groups in total. The highest BCUT2D eigenvalue weighted by Crippen LogP contribution is 2.33. The number of hydrogen-bond donors (Lipinski definition) is 2. The Balaban J connectivity index is 1.20. The molecule has 0 aliphatic heterocycles. The van der Waals surface area contributed by atoms with E-state index >= 15 is 4.39 Å². The van der Waals surface area contributed by atoms with Crippen molar-refractivity contribution in [2.75, 3.05) is 0 Å². The first-order valence-electron chi connectivity index (χ1n) is 12.6. The number of imidazole rings is 1. The number of pyridine rings is 1. The van der Waals surface area contributed by atoms with Gasteiger partial charge in [-0.15, -0.1) is 10.2 Å². The molecule has 4 heterocycles. The lowest BCUT2D eigenvalue weighted by molar-refractivity contribution is 0.0949. The van der Waals surface area contributed by atoms with Gasteiger partial charge >= 0.3 is 0 Å². The number of amides is 1. The van der Waals surface area contributed by atoms with Crippen LogP contribution in [-0.2, 0) is 12.0 Å². The molecule has 0 unspecified atom stereocenters. The van der Waals surface area contributed by atoms with Crippen LogP contribution in [0.5, 0.6) is 0 Å². The van der Waals surface area contributed by atoms with Gasteiger partial charge in [0.2, 0.25) is 5.01 Å². The quantitative estimate of drug-likeness (QED) is 0.303. The van der Waals surface area contributed by atoms with Gasteiger partial charge in [-0.2, -0.15) is 5.10 Å². The molecule has 11 heteroatoms. The molecule has 1 aliphatic carbocycles. The highest BCUT2D eigenvalue weighted by Gasteiger charge is 2.23. The van der Waals surface area contributed by atoms with Crippen molar-refractivity contribution in [3.63, 3.8) is 0 Å². The van der Waals surface area contributed by atoms with E-state index < -0.39 is 5.82 Å². The van der Waals surface area contributed by atoms with Crippen molar-refractivity contribution in [1.29, 1.82) is 0 Å². The van der Waals surface area contributed by atoms with Gasteiger partial charge in [-0.3, -0.25) is 9.48 Å². The number of carbonyl (C=O) groups excluding carboxylic acids is 1. The molecule has 1 saturated carbocycles. The van der Waals surface area contributed by atoms with Crippen LogP contribution in [0.4, 0.5) is 4.39 Å². The highest BCUT2D eigenvalue weighted by molar-refractivity contribution is 7.13. The maximum atomic E-state index is 15.1. The Morgan fingerprint density at radius 1 is 1.21 bits per heavy atom. The minimum absolute atomic E-state index is 0.0420. The summed E-state index contributed by atoms with van der Waals surface area (Å²) < 4.78 is 17.1. The number of aromatic amines is 1. The van der Waals surface area contributed by atoms with Gasteiger partial charge in [0.1, 0.15) is 16.6 Å². The Morgan fingerprint density at radius 3 is 2.76 bits per heavy atom. The lowest BCUT2D eigenvalue weighted by Crippen LogP contribution is -2.23. The third kappa shape index (κ3) is 4.58. The Morgan fingerprint density at radius 2 is 2.05 bits per heavy atom. The first-order chi connectivity index (χ1) is 18.3. The lowest BCUT2D eigenvalue weighted by atomic mass is 9.93. The molecule has 1 aromatic carbocycles. The fraction of sp³-hybridized carbons (Fsp3) is 0.333. The van der Waals surface area contributed by atoms with Gasteiger partial charge < -0.3 is 10.3 Å². The van der Waals surface area contributed by atoms with Crippen LogP contribution in [0.2, 0.25) is 0 Å². The Hall–Kier alpha value is -3.99. The number of rotatable bonds is 6. The number of aromatic nitrogens is 7. The van der Waals surface area contributed by atoms with Gasteiger partial charge in [0.05, 0.1) is 23.3 Å². The van der Waals surface area contributed by atoms with Crippen molar-refractivity contribution in [2.24, 2.45) is 0 Å². The summed E-state index contributed by atoms with van der Waals surface area (Å²) >= 11 is 1.25. The van der Waals surface area contributed by atoms with Crippen molar-refractivity contribution in [3.05, 3.63) is 64.3 Å². The molecule has 1 aliphatic rings. The first-order valence-corrected chi connectivity index (χ1v) is 13.4. The van der Waals surface area contributed by atoms with Crippen LogP contribution in [0.3, 0.4) is 0 Å². The zero-order valence-electron chi connectivity index (χ0n) is 21.3. The minimum atomic E-state index is -0.415. The summed E-state index contributed by atoms with van der Waals surface area (Å²) in [5.74, 6) is -0.110. The number of halogens is 1. The van der Waals surface area contributed by atoms with Crippen LogP contribution >= 0.6 is 11.3 Å². The van der Waals surface area contributed by atoms with Crippen LogP contribution in [0.1, 0.15) is 66.4 Å². The van der Waals surface area contributed by atoms with Crippen LogP contribution in [0, 0.1) is 5.82 Å². The fourth-order valence-corrected chi connectivity index (χ4v) is 5.14. The molecule has 1 fully saturated rings. The molecule has 0 spiro atoms. The first kappa shape index (κ1) is 24.4. The van der Waals surface area contributed by atoms with E-state index in [4.69, 9.17) is 0 Å². The third-order valence-corrected chi connectivity index (χ3v) is 8.13. The molecule has 5 aromatic rings. The van der Waals surface area contributed by atoms with Gasteiger partial charge in [-0.25, -0.2) is 14.4 Å². The van der Waals surface area contributed by atoms with E-state index in [9.17, 15) is 4.79 Å². The summed E-state index contributed by atoms with van der Waals surface area (Å²) in [7, 11) is 0. The number of nitrogens with zero attached hydrogens (tertiary/aromatic N) is 6. The van der Waals surface area contributed by atoms with Crippen molar-refractivity contribution in [3.8, 4) is 22.5 Å². The fourth-order valence-electron chi connectivity index (χ4n) is 4.33. The molecule has 0 atom stereocenters. The topological polar surface area (TPSA) is 114 Å². The van der Waals surface area contributed by atoms with Gasteiger partial charge in [0.15, 0.2) is 5.65 Å². The predicted molar refractivity (Wildman–Crippen MR) is 143 cm³/mol. The van der Waals surface area contributed by atoms with Crippen molar-refractivity contribution in [1.82, 2.24) is 40.2 Å². The predicted octanol–water partition coefficient (Wildman–Crippen LogP) is 5.43. The van der Waals surface area contributed by atoms with Crippen molar-refractivity contribution >= 4 is 28.4 Å². The second-order valence-electron chi connectivity index (χ2n) is 10.6. The lowest BCUT2D eigenvalue weighted by Gasteiger charge is -2.25. The van der Waals surface area contributed by atoms with Gasteiger partial charge in [-0.1, -0.05) is 44.2 Å². The molecule has 4 aromatic heterocycles. The maximum absolute atomic E-state index is 15.1. The normalized spacial score (nSPS) is 14.1. The number of nitrogens with one attached hydrogen (secondary N) is 2. The summed E-state index contributed by atoms with van der Waals surface area (Å²) in [6.45, 7) is 6.07. The number of H-pyrrole nitrogens is 1. The zero-order chi connectivity index (χ0) is 26.4. The summed E-state index contributed by atoms with van der Waals surface area (Å²) in [4.78, 5) is 24.9. The van der Waals surface area contributed by atoms with E-state index in [-0.39, 0.29) is 22.9 Å². The Labute approximate surface area is 222 Å². The van der Waals surface area contributed by atoms with Crippen molar-refractivity contribution < 1.29 is 9.18 Å². The third-order valence-electron chi connectivity index (χ3n) is 6.78. The SMILES string of the molecule is CC(C)(C)c1nnc(C(=O)NCc2ccc(-c3ccnc4nc(-c5cnn(C6CCC6)c5)[nH]c34)cc2F)s1. The van der Waals surface area contributed by atoms with E-state index in [1.807, 2.05) is 50.0 Å². The van der Waals surface area contributed by atoms with Crippen LogP contribution in [-0.4, -0.2) is 40.8 Å². The highest BCUT2D eigenvalue weighted by atomic mass is 32.1. The molecule has 38 heavy (non-hydrogen) atoms. The summed E-state index contributed by atoms with van der Waals surface area (Å²) in [6, 6.07) is 7.27. The molecular formula is C27H27FN8OS. The monoisotopic (exact) mass is 530 g/mol. The number of carbonyl (C=O) groups is 1. The largest absolute Gasteiger partial charge is 0.346 e. The summed E-state index contributed by atoms with van der Waals surface area (Å²) in [5.41, 5.74) is 3.83. The van der Waals surface area contributed by atoms with Gasteiger partial charge in [-0.05, 0) is 37.0 Å². The molecule has 9 nitrogen and oxygen atoms in total. The molecule has 0 bridgehead atoms. The number of fused-ring (bicyclic) bond motifs is 1. The Bertz CT molecular complexity index is 1640. The molecular weight excluding hydrogens is 503 g/mol. The van der Waals surface area contributed by atoms with Crippen LogP contribution < -0.4 is 5.32 Å². The summed E-state index contributed by atoms with van der Waals surface area (Å²) in [6.07, 6.45) is 9.03. The average Bonchev–Trinajstić information content (AvgIpc) is 3.60. The van der Waals surface area contributed by atoms with E-state index in [2.05, 4.69) is 35.6 Å². The average molecular weight is 531 g/mol. The molecule has 6 rings (SSSR count). The Kier molecular flexibility index (Phi) is 6.02. The molecule has 194 valence electrons. The smallest absolute Gasteiger partial charge is 0.282 e.